The second-order valence-corrected chi connectivity index (χ2v) is 7.95. The van der Waals surface area contributed by atoms with Crippen molar-refractivity contribution in [2.24, 2.45) is 5.41 Å². The van der Waals surface area contributed by atoms with E-state index in [-0.39, 0.29) is 11.9 Å². The van der Waals surface area contributed by atoms with Crippen LogP contribution >= 0.6 is 0 Å². The van der Waals surface area contributed by atoms with Gasteiger partial charge in [0.15, 0.2) is 0 Å². The Morgan fingerprint density at radius 2 is 2.15 bits per heavy atom. The van der Waals surface area contributed by atoms with Crippen molar-refractivity contribution in [2.45, 2.75) is 38.6 Å². The molecule has 6 nitrogen and oxygen atoms in total. The summed E-state index contributed by atoms with van der Waals surface area (Å²) in [5, 5.41) is 6.43. The van der Waals surface area contributed by atoms with Crippen LogP contribution in [0, 0.1) is 5.41 Å². The first-order valence-corrected chi connectivity index (χ1v) is 9.96. The van der Waals surface area contributed by atoms with Gasteiger partial charge in [-0.25, -0.2) is 0 Å². The summed E-state index contributed by atoms with van der Waals surface area (Å²) in [5.74, 6) is 0.197. The molecular weight excluding hydrogens is 326 g/mol. The van der Waals surface area contributed by atoms with E-state index in [4.69, 9.17) is 0 Å². The molecule has 2 N–H and O–H groups in total. The largest absolute Gasteiger partial charge is 0.382 e. The van der Waals surface area contributed by atoms with E-state index in [0.717, 1.165) is 44.7 Å². The summed E-state index contributed by atoms with van der Waals surface area (Å²) in [6.45, 7) is 7.97. The minimum Gasteiger partial charge on any atom is -0.382 e. The van der Waals surface area contributed by atoms with Crippen LogP contribution < -0.4 is 10.6 Å². The van der Waals surface area contributed by atoms with E-state index in [1.54, 1.807) is 12.4 Å². The fourth-order valence-corrected chi connectivity index (χ4v) is 4.36. The van der Waals surface area contributed by atoms with Gasteiger partial charge in [-0.2, -0.15) is 0 Å². The highest BCUT2D eigenvalue weighted by Gasteiger charge is 2.47. The van der Waals surface area contributed by atoms with Crippen molar-refractivity contribution >= 4 is 11.6 Å². The summed E-state index contributed by atoms with van der Waals surface area (Å²) < 4.78 is 0. The van der Waals surface area contributed by atoms with Gasteiger partial charge in [0.25, 0.3) is 0 Å². The van der Waals surface area contributed by atoms with Crippen LogP contribution in [0.2, 0.25) is 0 Å². The molecule has 2 fully saturated rings. The summed E-state index contributed by atoms with van der Waals surface area (Å²) >= 11 is 0. The van der Waals surface area contributed by atoms with Crippen LogP contribution in [0.1, 0.15) is 32.6 Å². The van der Waals surface area contributed by atoms with E-state index in [2.05, 4.69) is 39.4 Å². The lowest BCUT2D eigenvalue weighted by molar-refractivity contribution is -0.125. The number of aromatic nitrogens is 1. The highest BCUT2D eigenvalue weighted by molar-refractivity contribution is 5.82. The molecule has 2 aliphatic rings. The number of carbonyl (C=O) groups is 1. The molecule has 2 aliphatic heterocycles. The summed E-state index contributed by atoms with van der Waals surface area (Å²) in [5.41, 5.74) is 1.33. The van der Waals surface area contributed by atoms with Crippen LogP contribution in [-0.2, 0) is 4.79 Å². The predicted octanol–water partition coefficient (Wildman–Crippen LogP) is 1.81. The molecule has 0 unspecified atom stereocenters. The van der Waals surface area contributed by atoms with Gasteiger partial charge in [-0.3, -0.25) is 14.7 Å². The Morgan fingerprint density at radius 3 is 2.85 bits per heavy atom. The number of nitrogens with zero attached hydrogens (tertiary/aromatic N) is 3. The molecule has 6 heteroatoms. The lowest BCUT2D eigenvalue weighted by Gasteiger charge is -2.37. The minimum absolute atomic E-state index is 0.0387. The van der Waals surface area contributed by atoms with Crippen molar-refractivity contribution in [1.29, 1.82) is 0 Å². The first-order chi connectivity index (χ1) is 12.6. The topological polar surface area (TPSA) is 60.5 Å². The quantitative estimate of drug-likeness (QED) is 0.727. The Kier molecular flexibility index (Phi) is 6.48. The van der Waals surface area contributed by atoms with Gasteiger partial charge in [-0.15, -0.1) is 0 Å². The molecule has 0 saturated carbocycles. The molecule has 2 saturated heterocycles. The average Bonchev–Trinajstić information content (AvgIpc) is 3.01. The van der Waals surface area contributed by atoms with Gasteiger partial charge in [0.05, 0.1) is 11.7 Å². The summed E-state index contributed by atoms with van der Waals surface area (Å²) in [6, 6.07) is 3.93. The van der Waals surface area contributed by atoms with Gasteiger partial charge >= 0.3 is 0 Å². The van der Waals surface area contributed by atoms with Gasteiger partial charge in [0.1, 0.15) is 0 Å². The number of rotatable bonds is 7. The third-order valence-electron chi connectivity index (χ3n) is 5.88. The SMILES string of the molecule is CCCN1CC2(CCN(C)CC2)C[C@H]1C(=O)NCCNc1cccnc1. The predicted molar refractivity (Wildman–Crippen MR) is 105 cm³/mol. The van der Waals surface area contributed by atoms with Gasteiger partial charge in [-0.1, -0.05) is 6.92 Å². The summed E-state index contributed by atoms with van der Waals surface area (Å²) in [4.78, 5) is 21.7. The smallest absolute Gasteiger partial charge is 0.237 e. The number of amides is 1. The third-order valence-corrected chi connectivity index (χ3v) is 5.88. The second-order valence-electron chi connectivity index (χ2n) is 7.95. The first-order valence-electron chi connectivity index (χ1n) is 9.96. The molecule has 1 amide bonds. The molecule has 1 spiro atoms. The molecule has 144 valence electrons. The van der Waals surface area contributed by atoms with Gasteiger partial charge in [0.2, 0.25) is 5.91 Å². The summed E-state index contributed by atoms with van der Waals surface area (Å²) in [7, 11) is 2.20. The van der Waals surface area contributed by atoms with Crippen molar-refractivity contribution in [2.75, 3.05) is 51.6 Å². The lowest BCUT2D eigenvalue weighted by atomic mass is 9.76. The van der Waals surface area contributed by atoms with Crippen molar-refractivity contribution in [1.82, 2.24) is 20.1 Å². The Labute approximate surface area is 157 Å². The Hall–Kier alpha value is -1.66. The molecular formula is C20H33N5O. The van der Waals surface area contributed by atoms with E-state index in [1.807, 2.05) is 12.1 Å². The maximum atomic E-state index is 12.8. The Morgan fingerprint density at radius 1 is 1.35 bits per heavy atom. The van der Waals surface area contributed by atoms with Crippen LogP contribution in [0.15, 0.2) is 24.5 Å². The third kappa shape index (κ3) is 4.74. The monoisotopic (exact) mass is 359 g/mol. The minimum atomic E-state index is 0.0387. The van der Waals surface area contributed by atoms with E-state index in [9.17, 15) is 4.79 Å². The number of likely N-dealkylation sites (tertiary alicyclic amines) is 2. The number of nitrogens with one attached hydrogen (secondary N) is 2. The van der Waals surface area contributed by atoms with Crippen LogP contribution in [0.25, 0.3) is 0 Å². The molecule has 3 rings (SSSR count). The zero-order valence-electron chi connectivity index (χ0n) is 16.2. The first kappa shape index (κ1) is 19.1. The molecule has 1 aromatic heterocycles. The molecule has 1 atom stereocenters. The van der Waals surface area contributed by atoms with Crippen molar-refractivity contribution in [3.05, 3.63) is 24.5 Å². The molecule has 26 heavy (non-hydrogen) atoms. The van der Waals surface area contributed by atoms with E-state index in [1.165, 1.54) is 12.8 Å². The fourth-order valence-electron chi connectivity index (χ4n) is 4.36. The normalized spacial score (nSPS) is 23.2. The molecule has 1 aromatic rings. The van der Waals surface area contributed by atoms with E-state index in [0.29, 0.717) is 18.5 Å². The molecule has 0 bridgehead atoms. The van der Waals surface area contributed by atoms with Crippen LogP contribution in [0.4, 0.5) is 5.69 Å². The van der Waals surface area contributed by atoms with Gasteiger partial charge in [0, 0.05) is 32.0 Å². The van der Waals surface area contributed by atoms with Crippen LogP contribution in [0.5, 0.6) is 0 Å². The number of carbonyl (C=O) groups excluding carboxylic acids is 1. The maximum Gasteiger partial charge on any atom is 0.237 e. The van der Waals surface area contributed by atoms with Crippen LogP contribution in [0.3, 0.4) is 0 Å². The van der Waals surface area contributed by atoms with Crippen molar-refractivity contribution in [3.63, 3.8) is 0 Å². The molecule has 3 heterocycles. The molecule has 0 aromatic carbocycles. The van der Waals surface area contributed by atoms with Gasteiger partial charge in [-0.05, 0) is 69.9 Å². The number of piperidine rings is 1. The van der Waals surface area contributed by atoms with Crippen molar-refractivity contribution < 1.29 is 4.79 Å². The zero-order chi connectivity index (χ0) is 18.4. The zero-order valence-corrected chi connectivity index (χ0v) is 16.2. The standard InChI is InChI=1S/C20H33N5O/c1-3-11-25-16-20(6-12-24(2)13-7-20)14-18(25)19(26)23-10-9-22-17-5-4-8-21-15-17/h4-5,8,15,18,22H,3,6-7,9-14,16H2,1-2H3,(H,23,26)/t18-/m0/s1. The molecule has 0 radical (unpaired) electrons. The summed E-state index contributed by atoms with van der Waals surface area (Å²) in [6.07, 6.45) is 8.11. The lowest BCUT2D eigenvalue weighted by Crippen LogP contribution is -2.44. The fraction of sp³-hybridized carbons (Fsp3) is 0.700. The maximum absolute atomic E-state index is 12.8. The van der Waals surface area contributed by atoms with E-state index >= 15 is 0 Å². The number of anilines is 1. The number of hydrogen-bond donors (Lipinski definition) is 2. The van der Waals surface area contributed by atoms with Crippen LogP contribution in [-0.4, -0.2) is 73.0 Å². The van der Waals surface area contributed by atoms with E-state index < -0.39 is 0 Å². The number of hydrogen-bond acceptors (Lipinski definition) is 5. The number of pyridine rings is 1. The highest BCUT2D eigenvalue weighted by Crippen LogP contribution is 2.43. The van der Waals surface area contributed by atoms with Crippen molar-refractivity contribution in [3.8, 4) is 0 Å². The Balaban J connectivity index is 1.49. The Bertz CT molecular complexity index is 571. The highest BCUT2D eigenvalue weighted by atomic mass is 16.2. The van der Waals surface area contributed by atoms with Gasteiger partial charge < -0.3 is 15.5 Å². The molecule has 0 aliphatic carbocycles. The second kappa shape index (κ2) is 8.82. The average molecular weight is 360 g/mol.